The number of aryl methyl sites for hydroxylation is 1. The van der Waals surface area contributed by atoms with Gasteiger partial charge in [-0.05, 0) is 69.8 Å². The van der Waals surface area contributed by atoms with Gasteiger partial charge in [-0.25, -0.2) is 0 Å². The summed E-state index contributed by atoms with van der Waals surface area (Å²) in [4.78, 5) is 4.59. The third-order valence-electron chi connectivity index (χ3n) is 3.37. The number of rotatable bonds is 6. The molecule has 0 fully saturated rings. The number of benzene rings is 1. The summed E-state index contributed by atoms with van der Waals surface area (Å²) in [7, 11) is 0. The number of hydrogen-bond donors (Lipinski definition) is 1. The van der Waals surface area contributed by atoms with Gasteiger partial charge in [-0.2, -0.15) is 0 Å². The summed E-state index contributed by atoms with van der Waals surface area (Å²) in [5, 5.41) is 3.60. The standard InChI is InChI=1S/C17H20Br2N2/c1-3-8-20-16(9-13-6-4-12(2)5-7-13)17-15(19)10-14(18)11-21-17/h4-7,10-11,16,20H,3,8-9H2,1-2H3. The second-order valence-electron chi connectivity index (χ2n) is 5.22. The molecule has 21 heavy (non-hydrogen) atoms. The Morgan fingerprint density at radius 1 is 1.19 bits per heavy atom. The molecule has 0 amide bonds. The monoisotopic (exact) mass is 410 g/mol. The Labute approximate surface area is 143 Å². The number of halogens is 2. The Balaban J connectivity index is 2.22. The fraction of sp³-hybridized carbons (Fsp3) is 0.353. The van der Waals surface area contributed by atoms with Crippen LogP contribution in [0.5, 0.6) is 0 Å². The smallest absolute Gasteiger partial charge is 0.0719 e. The number of aromatic nitrogens is 1. The van der Waals surface area contributed by atoms with E-state index in [1.807, 2.05) is 6.20 Å². The first-order valence-corrected chi connectivity index (χ1v) is 8.78. The second kappa shape index (κ2) is 8.06. The minimum atomic E-state index is 0.218. The van der Waals surface area contributed by atoms with Gasteiger partial charge in [0.1, 0.15) is 0 Å². The first kappa shape index (κ1) is 16.7. The van der Waals surface area contributed by atoms with Gasteiger partial charge in [0.25, 0.3) is 0 Å². The minimum absolute atomic E-state index is 0.218. The normalized spacial score (nSPS) is 12.4. The first-order valence-electron chi connectivity index (χ1n) is 7.20. The minimum Gasteiger partial charge on any atom is -0.308 e. The zero-order valence-electron chi connectivity index (χ0n) is 12.4. The van der Waals surface area contributed by atoms with E-state index in [1.165, 1.54) is 11.1 Å². The molecule has 0 saturated carbocycles. The molecule has 0 aliphatic rings. The van der Waals surface area contributed by atoms with Crippen LogP contribution in [0.4, 0.5) is 0 Å². The molecule has 0 saturated heterocycles. The van der Waals surface area contributed by atoms with E-state index in [4.69, 9.17) is 0 Å². The molecular weight excluding hydrogens is 392 g/mol. The lowest BCUT2D eigenvalue weighted by Gasteiger charge is -2.19. The van der Waals surface area contributed by atoms with Crippen molar-refractivity contribution in [1.29, 1.82) is 0 Å². The largest absolute Gasteiger partial charge is 0.308 e. The Morgan fingerprint density at radius 2 is 1.90 bits per heavy atom. The van der Waals surface area contributed by atoms with Crippen molar-refractivity contribution in [3.63, 3.8) is 0 Å². The summed E-state index contributed by atoms with van der Waals surface area (Å²) < 4.78 is 2.03. The second-order valence-corrected chi connectivity index (χ2v) is 6.99. The van der Waals surface area contributed by atoms with Gasteiger partial charge < -0.3 is 5.32 Å². The lowest BCUT2D eigenvalue weighted by molar-refractivity contribution is 0.515. The van der Waals surface area contributed by atoms with E-state index in [9.17, 15) is 0 Å². The molecule has 2 aromatic rings. The Kier molecular flexibility index (Phi) is 6.40. The van der Waals surface area contributed by atoms with Gasteiger partial charge in [0, 0.05) is 15.1 Å². The molecule has 2 nitrogen and oxygen atoms in total. The lowest BCUT2D eigenvalue weighted by Crippen LogP contribution is -2.25. The predicted octanol–water partition coefficient (Wildman–Crippen LogP) is 5.20. The average molecular weight is 412 g/mol. The molecule has 1 aromatic carbocycles. The summed E-state index contributed by atoms with van der Waals surface area (Å²) in [5.41, 5.74) is 3.68. The summed E-state index contributed by atoms with van der Waals surface area (Å²) in [6.45, 7) is 5.28. The highest BCUT2D eigenvalue weighted by Gasteiger charge is 2.16. The van der Waals surface area contributed by atoms with Crippen LogP contribution in [0.3, 0.4) is 0 Å². The van der Waals surface area contributed by atoms with Gasteiger partial charge in [0.05, 0.1) is 11.7 Å². The Bertz CT molecular complexity index is 582. The summed E-state index contributed by atoms with van der Waals surface area (Å²) in [6, 6.07) is 11.0. The van der Waals surface area contributed by atoms with Gasteiger partial charge in [0.2, 0.25) is 0 Å². The molecule has 2 rings (SSSR count). The van der Waals surface area contributed by atoms with Gasteiger partial charge in [0.15, 0.2) is 0 Å². The third-order valence-corrected chi connectivity index (χ3v) is 4.44. The predicted molar refractivity (Wildman–Crippen MR) is 95.6 cm³/mol. The van der Waals surface area contributed by atoms with Crippen LogP contribution in [0.2, 0.25) is 0 Å². The van der Waals surface area contributed by atoms with Crippen LogP contribution in [0.1, 0.15) is 36.2 Å². The highest BCUT2D eigenvalue weighted by Crippen LogP contribution is 2.27. The third kappa shape index (κ3) is 4.90. The Morgan fingerprint density at radius 3 is 2.52 bits per heavy atom. The van der Waals surface area contributed by atoms with Gasteiger partial charge in [-0.1, -0.05) is 36.8 Å². The molecule has 0 spiro atoms. The quantitative estimate of drug-likeness (QED) is 0.706. The van der Waals surface area contributed by atoms with Crippen molar-refractivity contribution in [3.8, 4) is 0 Å². The zero-order valence-corrected chi connectivity index (χ0v) is 15.5. The highest BCUT2D eigenvalue weighted by molar-refractivity contribution is 9.11. The molecule has 0 radical (unpaired) electrons. The molecular formula is C17H20Br2N2. The topological polar surface area (TPSA) is 24.9 Å². The van der Waals surface area contributed by atoms with Crippen LogP contribution in [-0.4, -0.2) is 11.5 Å². The molecule has 1 aromatic heterocycles. The van der Waals surface area contributed by atoms with E-state index in [1.54, 1.807) is 0 Å². The van der Waals surface area contributed by atoms with Crippen molar-refractivity contribution >= 4 is 31.9 Å². The lowest BCUT2D eigenvalue weighted by atomic mass is 10.0. The van der Waals surface area contributed by atoms with Gasteiger partial charge >= 0.3 is 0 Å². The van der Waals surface area contributed by atoms with E-state index in [0.717, 1.165) is 34.0 Å². The fourth-order valence-electron chi connectivity index (χ4n) is 2.23. The van der Waals surface area contributed by atoms with Crippen molar-refractivity contribution < 1.29 is 0 Å². The van der Waals surface area contributed by atoms with E-state index in [-0.39, 0.29) is 6.04 Å². The van der Waals surface area contributed by atoms with Crippen molar-refractivity contribution in [2.75, 3.05) is 6.54 Å². The van der Waals surface area contributed by atoms with Crippen LogP contribution in [0.15, 0.2) is 45.5 Å². The maximum atomic E-state index is 4.59. The number of nitrogens with one attached hydrogen (secondary N) is 1. The van der Waals surface area contributed by atoms with Crippen LogP contribution in [-0.2, 0) is 6.42 Å². The number of pyridine rings is 1. The van der Waals surface area contributed by atoms with E-state index >= 15 is 0 Å². The Hall–Kier alpha value is -0.710. The van der Waals surface area contributed by atoms with Crippen molar-refractivity contribution in [3.05, 3.63) is 62.3 Å². The molecule has 1 atom stereocenters. The molecule has 4 heteroatoms. The van der Waals surface area contributed by atoms with Crippen LogP contribution in [0, 0.1) is 6.92 Å². The number of hydrogen-bond acceptors (Lipinski definition) is 2. The molecule has 1 N–H and O–H groups in total. The van der Waals surface area contributed by atoms with Crippen molar-refractivity contribution in [2.45, 2.75) is 32.7 Å². The van der Waals surface area contributed by atoms with Crippen LogP contribution >= 0.6 is 31.9 Å². The van der Waals surface area contributed by atoms with Crippen LogP contribution in [0.25, 0.3) is 0 Å². The molecule has 1 unspecified atom stereocenters. The fourth-order valence-corrected chi connectivity index (χ4v) is 3.49. The SMILES string of the molecule is CCCNC(Cc1ccc(C)cc1)c1ncc(Br)cc1Br. The van der Waals surface area contributed by atoms with Crippen molar-refractivity contribution in [2.24, 2.45) is 0 Å². The first-order chi connectivity index (χ1) is 10.1. The zero-order chi connectivity index (χ0) is 15.2. The summed E-state index contributed by atoms with van der Waals surface area (Å²) >= 11 is 7.09. The molecule has 0 aliphatic carbocycles. The summed E-state index contributed by atoms with van der Waals surface area (Å²) in [6.07, 6.45) is 3.90. The van der Waals surface area contributed by atoms with E-state index in [2.05, 4.69) is 86.3 Å². The average Bonchev–Trinajstić information content (AvgIpc) is 2.46. The molecule has 112 valence electrons. The van der Waals surface area contributed by atoms with Crippen molar-refractivity contribution in [1.82, 2.24) is 10.3 Å². The number of nitrogens with zero attached hydrogens (tertiary/aromatic N) is 1. The molecule has 0 aliphatic heterocycles. The summed E-state index contributed by atoms with van der Waals surface area (Å²) in [5.74, 6) is 0. The maximum absolute atomic E-state index is 4.59. The van der Waals surface area contributed by atoms with Gasteiger partial charge in [-0.15, -0.1) is 0 Å². The van der Waals surface area contributed by atoms with Crippen LogP contribution < -0.4 is 5.32 Å². The van der Waals surface area contributed by atoms with E-state index < -0.39 is 0 Å². The molecule has 0 bridgehead atoms. The highest BCUT2D eigenvalue weighted by atomic mass is 79.9. The maximum Gasteiger partial charge on any atom is 0.0719 e. The van der Waals surface area contributed by atoms with E-state index in [0.29, 0.717) is 0 Å². The molecule has 1 heterocycles. The van der Waals surface area contributed by atoms with Gasteiger partial charge in [-0.3, -0.25) is 4.98 Å².